The quantitative estimate of drug-likeness (QED) is 0.767. The lowest BCUT2D eigenvalue weighted by Crippen LogP contribution is -2.78. The zero-order valence-corrected chi connectivity index (χ0v) is 11.9. The predicted molar refractivity (Wildman–Crippen MR) is 76.8 cm³/mol. The van der Waals surface area contributed by atoms with E-state index in [2.05, 4.69) is 15.6 Å². The molecule has 7 nitrogen and oxygen atoms in total. The van der Waals surface area contributed by atoms with E-state index < -0.39 is 17.6 Å². The van der Waals surface area contributed by atoms with Crippen LogP contribution in [0.1, 0.15) is 30.1 Å². The van der Waals surface area contributed by atoms with E-state index in [-0.39, 0.29) is 11.8 Å². The molecule has 7 heteroatoms. The fraction of sp³-hybridized carbons (Fsp3) is 0.333. The third kappa shape index (κ3) is 1.62. The number of aromatic nitrogens is 1. The molecule has 2 N–H and O–H groups in total. The Hall–Kier alpha value is -2.70. The van der Waals surface area contributed by atoms with Gasteiger partial charge in [0.2, 0.25) is 11.7 Å². The Kier molecular flexibility index (Phi) is 2.46. The summed E-state index contributed by atoms with van der Waals surface area (Å²) in [5, 5.41) is 5.34. The zero-order valence-electron chi connectivity index (χ0n) is 11.9. The average molecular weight is 298 g/mol. The molecule has 0 bridgehead atoms. The maximum atomic E-state index is 12.8. The molecular weight excluding hydrogens is 284 g/mol. The molecule has 0 radical (unpaired) electrons. The van der Waals surface area contributed by atoms with Crippen molar-refractivity contribution in [3.63, 3.8) is 0 Å². The Morgan fingerprint density at radius 2 is 2.05 bits per heavy atom. The minimum Gasteiger partial charge on any atom is -0.306 e. The van der Waals surface area contributed by atoms with Crippen molar-refractivity contribution in [1.29, 1.82) is 0 Å². The van der Waals surface area contributed by atoms with Crippen LogP contribution < -0.4 is 15.5 Å². The Morgan fingerprint density at radius 3 is 2.77 bits per heavy atom. The Labute approximate surface area is 126 Å². The summed E-state index contributed by atoms with van der Waals surface area (Å²) in [5.41, 5.74) is 0.725. The van der Waals surface area contributed by atoms with Gasteiger partial charge < -0.3 is 15.5 Å². The van der Waals surface area contributed by atoms with Crippen molar-refractivity contribution < 1.29 is 14.4 Å². The standard InChI is InChI=1S/C15H14N4O3/c1-8-7-11(20)17-15(12(8)21)18-14(22)10-3-2-6-16-13(10)19(15)9-4-5-9/h2-3,6-7,9H,4-5H2,1H3,(H,17,20)(H,18,22). The molecular formula is C15H14N4O3. The molecule has 2 aliphatic heterocycles. The van der Waals surface area contributed by atoms with Gasteiger partial charge in [0.05, 0.1) is 5.56 Å². The van der Waals surface area contributed by atoms with Crippen LogP contribution in [0.2, 0.25) is 0 Å². The van der Waals surface area contributed by atoms with Gasteiger partial charge in [-0.25, -0.2) is 4.98 Å². The number of nitrogens with one attached hydrogen (secondary N) is 2. The van der Waals surface area contributed by atoms with Crippen molar-refractivity contribution in [3.05, 3.63) is 35.5 Å². The van der Waals surface area contributed by atoms with E-state index in [1.807, 2.05) is 0 Å². The van der Waals surface area contributed by atoms with Gasteiger partial charge in [-0.15, -0.1) is 0 Å². The summed E-state index contributed by atoms with van der Waals surface area (Å²) in [7, 11) is 0. The number of nitrogens with zero attached hydrogens (tertiary/aromatic N) is 2. The molecule has 1 aliphatic carbocycles. The summed E-state index contributed by atoms with van der Waals surface area (Å²) in [4.78, 5) is 43.2. The summed E-state index contributed by atoms with van der Waals surface area (Å²) >= 11 is 0. The zero-order chi connectivity index (χ0) is 15.5. The highest BCUT2D eigenvalue weighted by molar-refractivity contribution is 6.17. The monoisotopic (exact) mass is 298 g/mol. The van der Waals surface area contributed by atoms with Crippen LogP contribution in [0.15, 0.2) is 30.0 Å². The van der Waals surface area contributed by atoms with Crippen LogP contribution in [0.25, 0.3) is 0 Å². The van der Waals surface area contributed by atoms with Gasteiger partial charge in [-0.1, -0.05) is 0 Å². The number of anilines is 1. The summed E-state index contributed by atoms with van der Waals surface area (Å²) in [5.74, 6) is -2.26. The highest BCUT2D eigenvalue weighted by Gasteiger charge is 2.57. The molecule has 0 saturated heterocycles. The number of fused-ring (bicyclic) bond motifs is 1. The fourth-order valence-corrected chi connectivity index (χ4v) is 3.07. The lowest BCUT2D eigenvalue weighted by Gasteiger charge is -2.48. The molecule has 1 saturated carbocycles. The van der Waals surface area contributed by atoms with Crippen LogP contribution >= 0.6 is 0 Å². The van der Waals surface area contributed by atoms with Crippen molar-refractivity contribution in [1.82, 2.24) is 15.6 Å². The first kappa shape index (κ1) is 13.0. The first-order chi connectivity index (χ1) is 10.5. The van der Waals surface area contributed by atoms with Gasteiger partial charge >= 0.3 is 0 Å². The van der Waals surface area contributed by atoms with Gasteiger partial charge in [-0.05, 0) is 31.9 Å². The Bertz CT molecular complexity index is 753. The number of ketones is 1. The minimum absolute atomic E-state index is 0.0735. The van der Waals surface area contributed by atoms with Crippen LogP contribution in [0.3, 0.4) is 0 Å². The van der Waals surface area contributed by atoms with Crippen LogP contribution in [-0.4, -0.2) is 34.4 Å². The van der Waals surface area contributed by atoms with Crippen LogP contribution in [0, 0.1) is 0 Å². The predicted octanol–water partition coefficient (Wildman–Crippen LogP) is 0.0928. The molecule has 4 rings (SSSR count). The molecule has 22 heavy (non-hydrogen) atoms. The van der Waals surface area contributed by atoms with Crippen LogP contribution in [0.5, 0.6) is 0 Å². The van der Waals surface area contributed by atoms with Gasteiger partial charge in [-0.2, -0.15) is 0 Å². The molecule has 1 unspecified atom stereocenters. The number of pyridine rings is 1. The van der Waals surface area contributed by atoms with Gasteiger partial charge in [-0.3, -0.25) is 14.4 Å². The topological polar surface area (TPSA) is 91.4 Å². The molecule has 3 aliphatic rings. The Morgan fingerprint density at radius 1 is 1.27 bits per heavy atom. The molecule has 0 aromatic carbocycles. The van der Waals surface area contributed by atoms with Gasteiger partial charge in [0.1, 0.15) is 5.82 Å². The molecule has 1 aromatic rings. The second-order valence-electron chi connectivity index (χ2n) is 5.79. The van der Waals surface area contributed by atoms with Gasteiger partial charge in [0.15, 0.2) is 0 Å². The van der Waals surface area contributed by atoms with Crippen LogP contribution in [-0.2, 0) is 9.59 Å². The van der Waals surface area contributed by atoms with E-state index in [1.165, 1.54) is 6.08 Å². The molecule has 3 heterocycles. The maximum absolute atomic E-state index is 12.8. The molecule has 1 fully saturated rings. The lowest BCUT2D eigenvalue weighted by atomic mass is 9.96. The fourth-order valence-electron chi connectivity index (χ4n) is 3.07. The number of hydrogen-bond acceptors (Lipinski definition) is 5. The minimum atomic E-state index is -1.56. The summed E-state index contributed by atoms with van der Waals surface area (Å²) in [6.07, 6.45) is 4.61. The summed E-state index contributed by atoms with van der Waals surface area (Å²) < 4.78 is 0. The van der Waals surface area contributed by atoms with E-state index in [0.717, 1.165) is 12.8 Å². The SMILES string of the molecule is CC1=CC(=O)NC2(NC(=O)c3cccnc3N2C2CC2)C1=O. The molecule has 1 atom stereocenters. The first-order valence-corrected chi connectivity index (χ1v) is 7.15. The highest BCUT2D eigenvalue weighted by Crippen LogP contribution is 2.40. The molecule has 112 valence electrons. The number of hydrogen-bond donors (Lipinski definition) is 2. The van der Waals surface area contributed by atoms with Crippen molar-refractivity contribution in [3.8, 4) is 0 Å². The van der Waals surface area contributed by atoms with Crippen molar-refractivity contribution in [2.24, 2.45) is 0 Å². The number of Topliss-reactive ketones (excluding diaryl/α,β-unsaturated/α-hetero) is 1. The Balaban J connectivity index is 1.93. The van der Waals surface area contributed by atoms with E-state index >= 15 is 0 Å². The third-order valence-corrected chi connectivity index (χ3v) is 4.17. The highest BCUT2D eigenvalue weighted by atomic mass is 16.2. The summed E-state index contributed by atoms with van der Waals surface area (Å²) in [6.45, 7) is 1.58. The number of amides is 2. The van der Waals surface area contributed by atoms with Crippen LogP contribution in [0.4, 0.5) is 5.82 Å². The largest absolute Gasteiger partial charge is 0.306 e. The van der Waals surface area contributed by atoms with Gasteiger partial charge in [0.25, 0.3) is 11.7 Å². The van der Waals surface area contributed by atoms with Crippen molar-refractivity contribution in [2.45, 2.75) is 31.6 Å². The molecule has 1 aromatic heterocycles. The normalized spacial score (nSPS) is 27.2. The molecule has 1 spiro atoms. The second-order valence-corrected chi connectivity index (χ2v) is 5.79. The maximum Gasteiger partial charge on any atom is 0.259 e. The molecule has 2 amide bonds. The average Bonchev–Trinajstić information content (AvgIpc) is 3.29. The first-order valence-electron chi connectivity index (χ1n) is 7.15. The van der Waals surface area contributed by atoms with Crippen molar-refractivity contribution in [2.75, 3.05) is 4.90 Å². The number of carbonyl (C=O) groups is 3. The van der Waals surface area contributed by atoms with E-state index in [9.17, 15) is 14.4 Å². The van der Waals surface area contributed by atoms with E-state index in [4.69, 9.17) is 0 Å². The smallest absolute Gasteiger partial charge is 0.259 e. The van der Waals surface area contributed by atoms with E-state index in [0.29, 0.717) is 17.0 Å². The second kappa shape index (κ2) is 4.16. The number of rotatable bonds is 1. The number of carbonyl (C=O) groups excluding carboxylic acids is 3. The van der Waals surface area contributed by atoms with Gasteiger partial charge in [0, 0.05) is 23.9 Å². The third-order valence-electron chi connectivity index (χ3n) is 4.17. The lowest BCUT2D eigenvalue weighted by molar-refractivity contribution is -0.130. The van der Waals surface area contributed by atoms with E-state index in [1.54, 1.807) is 30.2 Å². The summed E-state index contributed by atoms with van der Waals surface area (Å²) in [6, 6.07) is 3.41. The van der Waals surface area contributed by atoms with Crippen molar-refractivity contribution >= 4 is 23.4 Å².